The minimum absolute atomic E-state index is 0.0169. The molecule has 3 rings (SSSR count). The van der Waals surface area contributed by atoms with Gasteiger partial charge in [0.15, 0.2) is 0 Å². The van der Waals surface area contributed by atoms with Crippen LogP contribution in [0.15, 0.2) is 24.3 Å². The summed E-state index contributed by atoms with van der Waals surface area (Å²) < 4.78 is 15.9. The molecule has 1 aromatic heterocycles. The van der Waals surface area contributed by atoms with Gasteiger partial charge >= 0.3 is 0 Å². The molecule has 1 aliphatic rings. The summed E-state index contributed by atoms with van der Waals surface area (Å²) in [7, 11) is 1.57. The number of carbonyl (C=O) groups excluding carboxylic acids is 1. The normalized spacial score (nSPS) is 15.3. The van der Waals surface area contributed by atoms with Gasteiger partial charge in [0.25, 0.3) is 5.91 Å². The Balaban J connectivity index is 1.53. The third-order valence-electron chi connectivity index (χ3n) is 3.96. The van der Waals surface area contributed by atoms with E-state index in [9.17, 15) is 4.79 Å². The number of nitrogens with one attached hydrogen (secondary N) is 2. The first kappa shape index (κ1) is 17.6. The first-order valence-corrected chi connectivity index (χ1v) is 8.23. The number of aromatic amines is 1. The molecule has 0 spiro atoms. The maximum absolute atomic E-state index is 12.1. The van der Waals surface area contributed by atoms with Crippen molar-refractivity contribution in [3.63, 3.8) is 0 Å². The molecule has 0 bridgehead atoms. The predicted octanol–water partition coefficient (Wildman–Crippen LogP) is 2.42. The topological polar surface area (TPSA) is 85.5 Å². The van der Waals surface area contributed by atoms with Gasteiger partial charge in [-0.1, -0.05) is 18.5 Å². The van der Waals surface area contributed by atoms with Crippen LogP contribution >= 0.6 is 11.6 Å². The molecule has 0 saturated carbocycles. The number of hydrogen-bond acceptors (Lipinski definition) is 5. The molecule has 2 aromatic rings. The average molecular weight is 366 g/mol. The van der Waals surface area contributed by atoms with E-state index >= 15 is 0 Å². The minimum atomic E-state index is -0.224. The largest absolute Gasteiger partial charge is 0.497 e. The average Bonchev–Trinajstić information content (AvgIpc) is 3.06. The Morgan fingerprint density at radius 2 is 2.24 bits per heavy atom. The quantitative estimate of drug-likeness (QED) is 0.787. The maximum Gasteiger partial charge on any atom is 0.271 e. The zero-order chi connectivity index (χ0) is 17.9. The number of aromatic nitrogens is 2. The van der Waals surface area contributed by atoms with Crippen molar-refractivity contribution < 1.29 is 19.0 Å². The first-order chi connectivity index (χ1) is 12.0. The summed E-state index contributed by atoms with van der Waals surface area (Å²) in [6.45, 7) is 4.17. The summed E-state index contributed by atoms with van der Waals surface area (Å²) in [4.78, 5) is 12.1. The van der Waals surface area contributed by atoms with Gasteiger partial charge < -0.3 is 19.5 Å². The lowest BCUT2D eigenvalue weighted by Crippen LogP contribution is -2.48. The zero-order valence-electron chi connectivity index (χ0n) is 14.1. The molecule has 8 heteroatoms. The third kappa shape index (κ3) is 4.24. The van der Waals surface area contributed by atoms with Gasteiger partial charge in [0.2, 0.25) is 0 Å². The van der Waals surface area contributed by atoms with Gasteiger partial charge in [0, 0.05) is 18.0 Å². The van der Waals surface area contributed by atoms with Gasteiger partial charge in [-0.2, -0.15) is 5.10 Å². The smallest absolute Gasteiger partial charge is 0.271 e. The van der Waals surface area contributed by atoms with E-state index in [1.807, 2.05) is 0 Å². The molecule has 25 heavy (non-hydrogen) atoms. The van der Waals surface area contributed by atoms with E-state index in [1.54, 1.807) is 31.4 Å². The van der Waals surface area contributed by atoms with Crippen molar-refractivity contribution in [1.82, 2.24) is 15.5 Å². The van der Waals surface area contributed by atoms with E-state index < -0.39 is 0 Å². The Labute approximate surface area is 150 Å². The first-order valence-electron chi connectivity index (χ1n) is 7.86. The van der Waals surface area contributed by atoms with Gasteiger partial charge in [-0.05, 0) is 18.2 Å². The van der Waals surface area contributed by atoms with E-state index in [0.717, 1.165) is 0 Å². The van der Waals surface area contributed by atoms with Crippen molar-refractivity contribution in [2.24, 2.45) is 5.41 Å². The number of methoxy groups -OCH3 is 1. The molecule has 1 fully saturated rings. The lowest BCUT2D eigenvalue weighted by molar-refractivity contribution is -0.0978. The SMILES string of the molecule is COc1ccc(OCc2cc(C(=O)NCC3(C)COC3)n[nH]2)c(Cl)c1. The number of halogens is 1. The van der Waals surface area contributed by atoms with Crippen LogP contribution in [-0.2, 0) is 11.3 Å². The zero-order valence-corrected chi connectivity index (χ0v) is 14.9. The lowest BCUT2D eigenvalue weighted by atomic mass is 9.89. The molecule has 7 nitrogen and oxygen atoms in total. The molecule has 2 heterocycles. The van der Waals surface area contributed by atoms with Crippen LogP contribution in [0.3, 0.4) is 0 Å². The van der Waals surface area contributed by atoms with Gasteiger partial charge in [0.1, 0.15) is 23.8 Å². The summed E-state index contributed by atoms with van der Waals surface area (Å²) in [6.07, 6.45) is 0. The fourth-order valence-electron chi connectivity index (χ4n) is 2.37. The van der Waals surface area contributed by atoms with Crippen LogP contribution in [0, 0.1) is 5.41 Å². The Morgan fingerprint density at radius 3 is 2.88 bits per heavy atom. The molecule has 1 aromatic carbocycles. The van der Waals surface area contributed by atoms with E-state index in [1.165, 1.54) is 0 Å². The van der Waals surface area contributed by atoms with Crippen LogP contribution in [0.5, 0.6) is 11.5 Å². The number of carbonyl (C=O) groups is 1. The Morgan fingerprint density at radius 1 is 1.44 bits per heavy atom. The monoisotopic (exact) mass is 365 g/mol. The molecular formula is C17H20ClN3O4. The van der Waals surface area contributed by atoms with Gasteiger partial charge in [-0.15, -0.1) is 0 Å². The minimum Gasteiger partial charge on any atom is -0.497 e. The standard InChI is InChI=1S/C17H20ClN3O4/c1-17(9-24-10-17)8-19-16(22)14-5-11(20-21-14)7-25-15-4-3-12(23-2)6-13(15)18/h3-6H,7-10H2,1-2H3,(H,19,22)(H,20,21). The lowest BCUT2D eigenvalue weighted by Gasteiger charge is -2.37. The number of H-pyrrole nitrogens is 1. The summed E-state index contributed by atoms with van der Waals surface area (Å²) in [5, 5.41) is 10.1. The highest BCUT2D eigenvalue weighted by molar-refractivity contribution is 6.32. The second-order valence-corrected chi connectivity index (χ2v) is 6.76. The van der Waals surface area contributed by atoms with E-state index in [4.69, 9.17) is 25.8 Å². The van der Waals surface area contributed by atoms with E-state index in [2.05, 4.69) is 22.4 Å². The van der Waals surface area contributed by atoms with Crippen molar-refractivity contribution in [2.45, 2.75) is 13.5 Å². The van der Waals surface area contributed by atoms with Gasteiger partial charge in [0.05, 0.1) is 31.0 Å². The molecule has 0 radical (unpaired) electrons. The second kappa shape index (κ2) is 7.33. The fraction of sp³-hybridized carbons (Fsp3) is 0.412. The highest BCUT2D eigenvalue weighted by Gasteiger charge is 2.33. The van der Waals surface area contributed by atoms with Gasteiger partial charge in [-0.3, -0.25) is 9.89 Å². The molecule has 2 N–H and O–H groups in total. The number of hydrogen-bond donors (Lipinski definition) is 2. The van der Waals surface area contributed by atoms with Crippen LogP contribution in [0.4, 0.5) is 0 Å². The Hall–Kier alpha value is -2.25. The Bertz CT molecular complexity index is 758. The van der Waals surface area contributed by atoms with Crippen molar-refractivity contribution in [1.29, 1.82) is 0 Å². The summed E-state index contributed by atoms with van der Waals surface area (Å²) in [5.74, 6) is 0.961. The molecule has 1 aliphatic heterocycles. The molecule has 0 unspecified atom stereocenters. The maximum atomic E-state index is 12.1. The summed E-state index contributed by atoms with van der Waals surface area (Å²) in [5.41, 5.74) is 1.02. The number of rotatable bonds is 7. The highest BCUT2D eigenvalue weighted by Crippen LogP contribution is 2.29. The summed E-state index contributed by atoms with van der Waals surface area (Å²) >= 11 is 6.13. The molecule has 1 amide bonds. The number of benzene rings is 1. The molecule has 1 saturated heterocycles. The van der Waals surface area contributed by atoms with Crippen LogP contribution in [0.1, 0.15) is 23.1 Å². The third-order valence-corrected chi connectivity index (χ3v) is 4.26. The number of ether oxygens (including phenoxy) is 3. The molecular weight excluding hydrogens is 346 g/mol. The van der Waals surface area contributed by atoms with E-state index in [0.29, 0.717) is 47.7 Å². The number of amides is 1. The van der Waals surface area contributed by atoms with Crippen molar-refractivity contribution in [2.75, 3.05) is 26.9 Å². The van der Waals surface area contributed by atoms with Crippen molar-refractivity contribution in [3.05, 3.63) is 40.7 Å². The van der Waals surface area contributed by atoms with Gasteiger partial charge in [-0.25, -0.2) is 0 Å². The fourth-order valence-corrected chi connectivity index (χ4v) is 2.59. The number of nitrogens with zero attached hydrogens (tertiary/aromatic N) is 1. The highest BCUT2D eigenvalue weighted by atomic mass is 35.5. The van der Waals surface area contributed by atoms with Crippen LogP contribution in [0.25, 0.3) is 0 Å². The van der Waals surface area contributed by atoms with Crippen LogP contribution < -0.4 is 14.8 Å². The second-order valence-electron chi connectivity index (χ2n) is 6.35. The van der Waals surface area contributed by atoms with Crippen molar-refractivity contribution in [3.8, 4) is 11.5 Å². The molecule has 0 atom stereocenters. The van der Waals surface area contributed by atoms with Crippen molar-refractivity contribution >= 4 is 17.5 Å². The van der Waals surface area contributed by atoms with E-state index in [-0.39, 0.29) is 17.9 Å². The Kier molecular flexibility index (Phi) is 5.15. The van der Waals surface area contributed by atoms with Crippen LogP contribution in [-0.4, -0.2) is 43.0 Å². The molecule has 0 aliphatic carbocycles. The predicted molar refractivity (Wildman–Crippen MR) is 92.2 cm³/mol. The summed E-state index contributed by atoms with van der Waals surface area (Å²) in [6, 6.07) is 6.82. The molecule has 134 valence electrons. The van der Waals surface area contributed by atoms with Crippen LogP contribution in [0.2, 0.25) is 5.02 Å².